The summed E-state index contributed by atoms with van der Waals surface area (Å²) in [7, 11) is 0. The quantitative estimate of drug-likeness (QED) is 0.854. The van der Waals surface area contributed by atoms with Crippen molar-refractivity contribution in [3.05, 3.63) is 17.0 Å². The molecule has 0 saturated carbocycles. The van der Waals surface area contributed by atoms with Crippen LogP contribution in [0, 0.1) is 12.8 Å². The molecule has 1 aromatic heterocycles. The Kier molecular flexibility index (Phi) is 4.10. The van der Waals surface area contributed by atoms with Crippen LogP contribution in [0.15, 0.2) is 4.52 Å². The van der Waals surface area contributed by atoms with Gasteiger partial charge in [-0.05, 0) is 12.8 Å². The molecular weight excluding hydrogens is 204 g/mol. The standard InChI is InChI=1S/C12H20N2O2/c1-7(2)6-13-12(15)10-9(5)14-16-11(10)8(3)4/h7-8H,6H2,1-5H3,(H,13,15). The minimum atomic E-state index is -0.0869. The van der Waals surface area contributed by atoms with Gasteiger partial charge in [-0.3, -0.25) is 4.79 Å². The van der Waals surface area contributed by atoms with Crippen LogP contribution in [0.4, 0.5) is 0 Å². The Morgan fingerprint density at radius 1 is 1.38 bits per heavy atom. The van der Waals surface area contributed by atoms with E-state index < -0.39 is 0 Å². The fraction of sp³-hybridized carbons (Fsp3) is 0.667. The molecule has 0 unspecified atom stereocenters. The Morgan fingerprint density at radius 2 is 2.00 bits per heavy atom. The van der Waals surface area contributed by atoms with Crippen molar-refractivity contribution >= 4 is 5.91 Å². The van der Waals surface area contributed by atoms with Crippen molar-refractivity contribution in [3.8, 4) is 0 Å². The number of hydrogen-bond donors (Lipinski definition) is 1. The van der Waals surface area contributed by atoms with Gasteiger partial charge in [0.1, 0.15) is 5.56 Å². The third kappa shape index (κ3) is 2.84. The molecule has 1 aromatic rings. The summed E-state index contributed by atoms with van der Waals surface area (Å²) in [6.45, 7) is 10.5. The fourth-order valence-electron chi connectivity index (χ4n) is 1.44. The van der Waals surface area contributed by atoms with Crippen LogP contribution in [0.5, 0.6) is 0 Å². The molecule has 90 valence electrons. The number of amides is 1. The average molecular weight is 224 g/mol. The van der Waals surface area contributed by atoms with E-state index in [1.165, 1.54) is 0 Å². The molecule has 0 atom stereocenters. The second-order valence-electron chi connectivity index (χ2n) is 4.77. The lowest BCUT2D eigenvalue weighted by molar-refractivity contribution is 0.0946. The Labute approximate surface area is 96.4 Å². The Balaban J connectivity index is 2.85. The van der Waals surface area contributed by atoms with Gasteiger partial charge in [0.2, 0.25) is 0 Å². The third-order valence-electron chi connectivity index (χ3n) is 2.31. The van der Waals surface area contributed by atoms with E-state index >= 15 is 0 Å². The number of aromatic nitrogens is 1. The first-order chi connectivity index (χ1) is 7.43. The average Bonchev–Trinajstić information content (AvgIpc) is 2.56. The molecule has 4 nitrogen and oxygen atoms in total. The lowest BCUT2D eigenvalue weighted by atomic mass is 10.0. The summed E-state index contributed by atoms with van der Waals surface area (Å²) in [4.78, 5) is 11.9. The van der Waals surface area contributed by atoms with Crippen LogP contribution >= 0.6 is 0 Å². The molecule has 0 fully saturated rings. The van der Waals surface area contributed by atoms with E-state index in [9.17, 15) is 4.79 Å². The SMILES string of the molecule is Cc1noc(C(C)C)c1C(=O)NCC(C)C. The predicted octanol–water partition coefficient (Wildman–Crippen LogP) is 2.49. The molecule has 0 aromatic carbocycles. The lowest BCUT2D eigenvalue weighted by Crippen LogP contribution is -2.28. The van der Waals surface area contributed by atoms with Gasteiger partial charge in [0.25, 0.3) is 5.91 Å². The number of carbonyl (C=O) groups is 1. The molecular formula is C12H20N2O2. The maximum Gasteiger partial charge on any atom is 0.256 e. The van der Waals surface area contributed by atoms with Crippen LogP contribution in [0.1, 0.15) is 55.4 Å². The molecule has 1 amide bonds. The van der Waals surface area contributed by atoms with Crippen LogP contribution in [-0.2, 0) is 0 Å². The summed E-state index contributed by atoms with van der Waals surface area (Å²) >= 11 is 0. The van der Waals surface area contributed by atoms with E-state index in [2.05, 4.69) is 24.3 Å². The number of rotatable bonds is 4. The van der Waals surface area contributed by atoms with E-state index in [0.717, 1.165) is 0 Å². The molecule has 16 heavy (non-hydrogen) atoms. The highest BCUT2D eigenvalue weighted by molar-refractivity contribution is 5.96. The summed E-state index contributed by atoms with van der Waals surface area (Å²) < 4.78 is 5.17. The smallest absolute Gasteiger partial charge is 0.256 e. The Morgan fingerprint density at radius 3 is 2.50 bits per heavy atom. The van der Waals surface area contributed by atoms with E-state index in [-0.39, 0.29) is 11.8 Å². The van der Waals surface area contributed by atoms with Crippen molar-refractivity contribution in [1.29, 1.82) is 0 Å². The zero-order chi connectivity index (χ0) is 12.3. The van der Waals surface area contributed by atoms with Crippen molar-refractivity contribution in [2.24, 2.45) is 5.92 Å². The number of carbonyl (C=O) groups excluding carboxylic acids is 1. The van der Waals surface area contributed by atoms with E-state index in [1.807, 2.05) is 13.8 Å². The zero-order valence-corrected chi connectivity index (χ0v) is 10.6. The summed E-state index contributed by atoms with van der Waals surface area (Å²) in [5.74, 6) is 1.18. The summed E-state index contributed by atoms with van der Waals surface area (Å²) in [6, 6.07) is 0. The van der Waals surface area contributed by atoms with Gasteiger partial charge in [-0.2, -0.15) is 0 Å². The van der Waals surface area contributed by atoms with E-state index in [1.54, 1.807) is 6.92 Å². The van der Waals surface area contributed by atoms with E-state index in [4.69, 9.17) is 4.52 Å². The van der Waals surface area contributed by atoms with Crippen molar-refractivity contribution in [2.75, 3.05) is 6.54 Å². The Hall–Kier alpha value is -1.32. The van der Waals surface area contributed by atoms with Crippen LogP contribution in [0.2, 0.25) is 0 Å². The van der Waals surface area contributed by atoms with Gasteiger partial charge in [0, 0.05) is 12.5 Å². The largest absolute Gasteiger partial charge is 0.360 e. The molecule has 0 aliphatic rings. The van der Waals surface area contributed by atoms with Crippen LogP contribution in [-0.4, -0.2) is 17.6 Å². The highest BCUT2D eigenvalue weighted by atomic mass is 16.5. The Bertz CT molecular complexity index is 367. The van der Waals surface area contributed by atoms with Gasteiger partial charge >= 0.3 is 0 Å². The molecule has 1 heterocycles. The molecule has 0 aliphatic heterocycles. The molecule has 1 N–H and O–H groups in total. The predicted molar refractivity (Wildman–Crippen MR) is 62.5 cm³/mol. The first-order valence-electron chi connectivity index (χ1n) is 5.67. The van der Waals surface area contributed by atoms with Gasteiger partial charge in [-0.25, -0.2) is 0 Å². The monoisotopic (exact) mass is 224 g/mol. The van der Waals surface area contributed by atoms with Gasteiger partial charge < -0.3 is 9.84 Å². The van der Waals surface area contributed by atoms with Gasteiger partial charge in [0.05, 0.1) is 5.69 Å². The molecule has 0 spiro atoms. The van der Waals surface area contributed by atoms with Gasteiger partial charge in [0.15, 0.2) is 5.76 Å². The normalized spacial score (nSPS) is 11.2. The van der Waals surface area contributed by atoms with Crippen molar-refractivity contribution < 1.29 is 9.32 Å². The zero-order valence-electron chi connectivity index (χ0n) is 10.6. The topological polar surface area (TPSA) is 55.1 Å². The number of aryl methyl sites for hydroxylation is 1. The number of hydrogen-bond acceptors (Lipinski definition) is 3. The highest BCUT2D eigenvalue weighted by Gasteiger charge is 2.22. The molecule has 1 rings (SSSR count). The van der Waals surface area contributed by atoms with Crippen LogP contribution < -0.4 is 5.32 Å². The molecule has 0 radical (unpaired) electrons. The van der Waals surface area contributed by atoms with Crippen molar-refractivity contribution in [2.45, 2.75) is 40.5 Å². The molecule has 0 aliphatic carbocycles. The van der Waals surface area contributed by atoms with Crippen LogP contribution in [0.3, 0.4) is 0 Å². The third-order valence-corrected chi connectivity index (χ3v) is 2.31. The minimum absolute atomic E-state index is 0.0869. The van der Waals surface area contributed by atoms with Gasteiger partial charge in [-0.15, -0.1) is 0 Å². The minimum Gasteiger partial charge on any atom is -0.360 e. The first kappa shape index (κ1) is 12.7. The van der Waals surface area contributed by atoms with Crippen molar-refractivity contribution in [1.82, 2.24) is 10.5 Å². The molecule has 0 saturated heterocycles. The van der Waals surface area contributed by atoms with E-state index in [0.29, 0.717) is 29.5 Å². The first-order valence-corrected chi connectivity index (χ1v) is 5.67. The molecule has 4 heteroatoms. The highest BCUT2D eigenvalue weighted by Crippen LogP contribution is 2.21. The fourth-order valence-corrected chi connectivity index (χ4v) is 1.44. The number of nitrogens with zero attached hydrogens (tertiary/aromatic N) is 1. The van der Waals surface area contributed by atoms with Crippen molar-refractivity contribution in [3.63, 3.8) is 0 Å². The summed E-state index contributed by atoms with van der Waals surface area (Å²) in [5.41, 5.74) is 1.25. The second-order valence-corrected chi connectivity index (χ2v) is 4.77. The lowest BCUT2D eigenvalue weighted by Gasteiger charge is -2.08. The second kappa shape index (κ2) is 5.14. The molecule has 0 bridgehead atoms. The van der Waals surface area contributed by atoms with Gasteiger partial charge in [-0.1, -0.05) is 32.9 Å². The maximum absolute atomic E-state index is 11.9. The summed E-state index contributed by atoms with van der Waals surface area (Å²) in [5, 5.41) is 6.73. The van der Waals surface area contributed by atoms with Crippen LogP contribution in [0.25, 0.3) is 0 Å². The maximum atomic E-state index is 11.9. The summed E-state index contributed by atoms with van der Waals surface area (Å²) in [6.07, 6.45) is 0. The number of nitrogens with one attached hydrogen (secondary N) is 1.